The van der Waals surface area contributed by atoms with Crippen molar-refractivity contribution in [2.45, 2.75) is 20.4 Å². The molecule has 140 valence electrons. The predicted molar refractivity (Wildman–Crippen MR) is 122 cm³/mol. The van der Waals surface area contributed by atoms with E-state index in [1.54, 1.807) is 7.05 Å². The minimum absolute atomic E-state index is 0. The highest BCUT2D eigenvalue weighted by molar-refractivity contribution is 14.0. The van der Waals surface area contributed by atoms with Crippen LogP contribution in [0.2, 0.25) is 0 Å². The molecule has 2 aromatic rings. The van der Waals surface area contributed by atoms with Crippen molar-refractivity contribution in [3.05, 3.63) is 63.6 Å². The molecule has 0 bridgehead atoms. The van der Waals surface area contributed by atoms with E-state index in [2.05, 4.69) is 68.1 Å². The topological polar surface area (TPSA) is 65.5 Å². The Labute approximate surface area is 180 Å². The molecule has 0 spiro atoms. The second kappa shape index (κ2) is 11.2. The monoisotopic (exact) mass is 530 g/mol. The maximum Gasteiger partial charge on any atom is 0.243 e. The predicted octanol–water partition coefficient (Wildman–Crippen LogP) is 3.99. The number of nitrogens with zero attached hydrogens (tertiary/aromatic N) is 1. The fourth-order valence-electron chi connectivity index (χ4n) is 2.20. The van der Waals surface area contributed by atoms with E-state index in [1.807, 2.05) is 25.1 Å². The normalized spacial score (nSPS) is 10.7. The van der Waals surface area contributed by atoms with E-state index in [4.69, 9.17) is 0 Å². The van der Waals surface area contributed by atoms with Crippen molar-refractivity contribution in [3.63, 3.8) is 0 Å². The number of nitrogens with one attached hydrogen (secondary N) is 3. The second-order valence-corrected chi connectivity index (χ2v) is 6.69. The fourth-order valence-corrected chi connectivity index (χ4v) is 2.56. The van der Waals surface area contributed by atoms with Crippen LogP contribution in [0.25, 0.3) is 0 Å². The van der Waals surface area contributed by atoms with Gasteiger partial charge in [-0.2, -0.15) is 0 Å². The molecular weight excluding hydrogens is 507 g/mol. The van der Waals surface area contributed by atoms with E-state index in [-0.39, 0.29) is 36.4 Å². The first kappa shape index (κ1) is 22.4. The highest BCUT2D eigenvalue weighted by Gasteiger charge is 2.07. The summed E-state index contributed by atoms with van der Waals surface area (Å²) in [6, 6.07) is 14.1. The van der Waals surface area contributed by atoms with Crippen LogP contribution in [-0.2, 0) is 11.3 Å². The van der Waals surface area contributed by atoms with Gasteiger partial charge in [-0.05, 0) is 37.1 Å². The van der Waals surface area contributed by atoms with Gasteiger partial charge in [0.25, 0.3) is 0 Å². The molecular formula is C19H24BrIN4O. The summed E-state index contributed by atoms with van der Waals surface area (Å²) in [4.78, 5) is 16.3. The van der Waals surface area contributed by atoms with E-state index >= 15 is 0 Å². The summed E-state index contributed by atoms with van der Waals surface area (Å²) in [7, 11) is 1.68. The van der Waals surface area contributed by atoms with Crippen molar-refractivity contribution in [3.8, 4) is 0 Å². The number of hydrogen-bond donors (Lipinski definition) is 3. The molecule has 0 saturated carbocycles. The van der Waals surface area contributed by atoms with Crippen molar-refractivity contribution in [1.29, 1.82) is 0 Å². The Morgan fingerprint density at radius 2 is 1.77 bits per heavy atom. The van der Waals surface area contributed by atoms with Gasteiger partial charge in [0.2, 0.25) is 5.91 Å². The Morgan fingerprint density at radius 1 is 1.08 bits per heavy atom. The molecule has 7 heteroatoms. The van der Waals surface area contributed by atoms with E-state index in [1.165, 1.54) is 5.56 Å². The molecule has 0 fully saturated rings. The van der Waals surface area contributed by atoms with Crippen LogP contribution in [-0.4, -0.2) is 25.5 Å². The zero-order valence-corrected chi connectivity index (χ0v) is 19.0. The lowest BCUT2D eigenvalue weighted by atomic mass is 10.1. The lowest BCUT2D eigenvalue weighted by Crippen LogP contribution is -2.41. The zero-order valence-electron chi connectivity index (χ0n) is 15.1. The van der Waals surface area contributed by atoms with Crippen LogP contribution >= 0.6 is 39.9 Å². The molecule has 5 nitrogen and oxygen atoms in total. The zero-order chi connectivity index (χ0) is 18.2. The average molecular weight is 531 g/mol. The number of carbonyl (C=O) groups excluding carboxylic acids is 1. The molecule has 0 heterocycles. The lowest BCUT2D eigenvalue weighted by Gasteiger charge is -2.13. The summed E-state index contributed by atoms with van der Waals surface area (Å²) in [5.74, 6) is 0.459. The van der Waals surface area contributed by atoms with Crippen LogP contribution in [0.4, 0.5) is 5.69 Å². The summed E-state index contributed by atoms with van der Waals surface area (Å²) in [5.41, 5.74) is 4.19. The number of anilines is 1. The Balaban J connectivity index is 0.00000338. The van der Waals surface area contributed by atoms with Gasteiger partial charge in [0, 0.05) is 23.8 Å². The van der Waals surface area contributed by atoms with Gasteiger partial charge in [-0.15, -0.1) is 24.0 Å². The maximum atomic E-state index is 12.1. The SMILES string of the molecule is CN=C(NCC(=O)Nc1cc(Br)ccc1C)NCc1ccc(C)cc1.I. The first-order valence-electron chi connectivity index (χ1n) is 8.04. The van der Waals surface area contributed by atoms with Crippen molar-refractivity contribution in [2.24, 2.45) is 4.99 Å². The number of rotatable bonds is 5. The number of carbonyl (C=O) groups is 1. The van der Waals surface area contributed by atoms with E-state index < -0.39 is 0 Å². The highest BCUT2D eigenvalue weighted by Crippen LogP contribution is 2.20. The summed E-state index contributed by atoms with van der Waals surface area (Å²) in [6.07, 6.45) is 0. The van der Waals surface area contributed by atoms with Crippen LogP contribution in [0.1, 0.15) is 16.7 Å². The van der Waals surface area contributed by atoms with Crippen molar-refractivity contribution < 1.29 is 4.79 Å². The molecule has 0 unspecified atom stereocenters. The van der Waals surface area contributed by atoms with E-state index in [0.29, 0.717) is 12.5 Å². The number of amides is 1. The Hall–Kier alpha value is -1.61. The first-order valence-corrected chi connectivity index (χ1v) is 8.83. The third kappa shape index (κ3) is 7.33. The van der Waals surface area contributed by atoms with Crippen molar-refractivity contribution in [2.75, 3.05) is 18.9 Å². The number of aliphatic imine (C=N–C) groups is 1. The number of guanidine groups is 1. The summed E-state index contributed by atoms with van der Waals surface area (Å²) >= 11 is 3.41. The highest BCUT2D eigenvalue weighted by atomic mass is 127. The quantitative estimate of drug-likeness (QED) is 0.311. The van der Waals surface area contributed by atoms with Crippen LogP contribution < -0.4 is 16.0 Å². The van der Waals surface area contributed by atoms with Crippen molar-refractivity contribution >= 4 is 57.5 Å². The largest absolute Gasteiger partial charge is 0.352 e. The Morgan fingerprint density at radius 3 is 2.42 bits per heavy atom. The van der Waals surface area contributed by atoms with Gasteiger partial charge in [0.05, 0.1) is 6.54 Å². The van der Waals surface area contributed by atoms with Crippen LogP contribution in [0, 0.1) is 13.8 Å². The van der Waals surface area contributed by atoms with Gasteiger partial charge < -0.3 is 16.0 Å². The maximum absolute atomic E-state index is 12.1. The average Bonchev–Trinajstić information content (AvgIpc) is 2.60. The molecule has 0 aliphatic rings. The molecule has 1 amide bonds. The molecule has 0 saturated heterocycles. The van der Waals surface area contributed by atoms with Gasteiger partial charge in [-0.25, -0.2) is 0 Å². The molecule has 3 N–H and O–H groups in total. The Kier molecular flexibility index (Phi) is 9.64. The summed E-state index contributed by atoms with van der Waals surface area (Å²) < 4.78 is 0.928. The summed E-state index contributed by atoms with van der Waals surface area (Å²) in [5, 5.41) is 9.11. The molecule has 26 heavy (non-hydrogen) atoms. The Bertz CT molecular complexity index is 763. The number of halogens is 2. The van der Waals surface area contributed by atoms with Gasteiger partial charge in [0.15, 0.2) is 5.96 Å². The standard InChI is InChI=1S/C19H23BrN4O.HI/c1-13-4-7-15(8-5-13)11-22-19(21-3)23-12-18(25)24-17-10-16(20)9-6-14(17)2;/h4-10H,11-12H2,1-3H3,(H,24,25)(H2,21,22,23);1H. The van der Waals surface area contributed by atoms with Gasteiger partial charge in [-0.3, -0.25) is 9.79 Å². The number of aryl methyl sites for hydroxylation is 2. The smallest absolute Gasteiger partial charge is 0.243 e. The second-order valence-electron chi connectivity index (χ2n) is 5.77. The number of benzene rings is 2. The third-order valence-corrected chi connectivity index (χ3v) is 4.19. The first-order chi connectivity index (χ1) is 12.0. The lowest BCUT2D eigenvalue weighted by molar-refractivity contribution is -0.115. The van der Waals surface area contributed by atoms with E-state index in [9.17, 15) is 4.79 Å². The van der Waals surface area contributed by atoms with Crippen LogP contribution in [0.3, 0.4) is 0 Å². The molecule has 0 atom stereocenters. The van der Waals surface area contributed by atoms with Crippen LogP contribution in [0.15, 0.2) is 51.9 Å². The molecule has 0 aliphatic carbocycles. The van der Waals surface area contributed by atoms with Gasteiger partial charge in [-0.1, -0.05) is 51.8 Å². The minimum atomic E-state index is -0.125. The summed E-state index contributed by atoms with van der Waals surface area (Å²) in [6.45, 7) is 4.80. The molecule has 2 rings (SSSR count). The molecule has 2 aromatic carbocycles. The van der Waals surface area contributed by atoms with Gasteiger partial charge in [0.1, 0.15) is 0 Å². The van der Waals surface area contributed by atoms with E-state index in [0.717, 1.165) is 21.3 Å². The van der Waals surface area contributed by atoms with Crippen molar-refractivity contribution in [1.82, 2.24) is 10.6 Å². The minimum Gasteiger partial charge on any atom is -0.352 e. The molecule has 0 radical (unpaired) electrons. The van der Waals surface area contributed by atoms with Crippen LogP contribution in [0.5, 0.6) is 0 Å². The molecule has 0 aliphatic heterocycles. The molecule has 0 aromatic heterocycles. The third-order valence-electron chi connectivity index (χ3n) is 3.69. The number of hydrogen-bond acceptors (Lipinski definition) is 2. The van der Waals surface area contributed by atoms with Gasteiger partial charge >= 0.3 is 0 Å². The fraction of sp³-hybridized carbons (Fsp3) is 0.263.